The summed E-state index contributed by atoms with van der Waals surface area (Å²) in [4.78, 5) is 0. The van der Waals surface area contributed by atoms with Crippen LogP contribution in [0.15, 0.2) is 0 Å². The lowest BCUT2D eigenvalue weighted by Gasteiger charge is -2.10. The Labute approximate surface area is 182 Å². The molecule has 0 radical (unpaired) electrons. The van der Waals surface area contributed by atoms with E-state index in [4.69, 9.17) is 9.66 Å². The van der Waals surface area contributed by atoms with Crippen LogP contribution in [0.25, 0.3) is 0 Å². The van der Waals surface area contributed by atoms with Crippen molar-refractivity contribution in [2.75, 3.05) is 6.61 Å². The van der Waals surface area contributed by atoms with Gasteiger partial charge in [-0.2, -0.15) is 8.42 Å². The summed E-state index contributed by atoms with van der Waals surface area (Å²) in [5, 5.41) is 7.98. The molecule has 0 saturated heterocycles. The van der Waals surface area contributed by atoms with Gasteiger partial charge < -0.3 is 5.11 Å². The first-order valence-corrected chi connectivity index (χ1v) is 14.1. The van der Waals surface area contributed by atoms with E-state index in [2.05, 4.69) is 6.92 Å². The van der Waals surface area contributed by atoms with Crippen molar-refractivity contribution in [3.05, 3.63) is 0 Å². The van der Waals surface area contributed by atoms with Gasteiger partial charge in [-0.25, -0.2) is 0 Å². The van der Waals surface area contributed by atoms with Crippen LogP contribution >= 0.6 is 0 Å². The quantitative estimate of drug-likeness (QED) is 0.129. The molecule has 0 rings (SSSR count). The molecule has 0 saturated carbocycles. The third kappa shape index (κ3) is 20.9. The smallest absolute Gasteiger partial charge is 0.270 e. The maximum Gasteiger partial charge on any atom is 0.270 e. The molecule has 0 aliphatic rings. The zero-order valence-electron chi connectivity index (χ0n) is 19.3. The minimum absolute atomic E-state index is 0.355. The van der Waals surface area contributed by atoms with E-state index in [1.54, 1.807) is 0 Å². The summed E-state index contributed by atoms with van der Waals surface area (Å²) in [5.74, 6) is 0. The van der Waals surface area contributed by atoms with E-state index in [0.29, 0.717) is 6.42 Å². The summed E-state index contributed by atoms with van der Waals surface area (Å²) in [6.45, 7) is 1.79. The summed E-state index contributed by atoms with van der Waals surface area (Å²) in [6, 6.07) is 0. The second-order valence-corrected chi connectivity index (χ2v) is 10.5. The summed E-state index contributed by atoms with van der Waals surface area (Å²) in [7, 11) is -4.09. The van der Waals surface area contributed by atoms with Gasteiger partial charge in [0.05, 0.1) is 6.61 Å². The van der Waals surface area contributed by atoms with Crippen molar-refractivity contribution in [1.82, 2.24) is 0 Å². The maximum absolute atomic E-state index is 11.0. The molecule has 2 N–H and O–H groups in total. The molecule has 176 valence electrons. The SMILES string of the molecule is CCCCCCCCCCCCCCCCCCCCCCC(CO)S(=O)(=O)O. The Morgan fingerprint density at radius 1 is 0.552 bits per heavy atom. The van der Waals surface area contributed by atoms with Gasteiger partial charge in [0.25, 0.3) is 10.1 Å². The Balaban J connectivity index is 3.17. The van der Waals surface area contributed by atoms with E-state index < -0.39 is 22.0 Å². The van der Waals surface area contributed by atoms with Crippen molar-refractivity contribution in [2.45, 2.75) is 147 Å². The Hall–Kier alpha value is -0.130. The molecule has 1 atom stereocenters. The Morgan fingerprint density at radius 2 is 0.828 bits per heavy atom. The summed E-state index contributed by atoms with van der Waals surface area (Å²) < 4.78 is 30.9. The molecule has 0 amide bonds. The highest BCUT2D eigenvalue weighted by molar-refractivity contribution is 7.86. The van der Waals surface area contributed by atoms with Crippen molar-refractivity contribution >= 4 is 10.1 Å². The molecule has 4 nitrogen and oxygen atoms in total. The largest absolute Gasteiger partial charge is 0.395 e. The summed E-state index contributed by atoms with van der Waals surface area (Å²) in [5.41, 5.74) is 0. The molecule has 0 aliphatic heterocycles. The molecule has 0 bridgehead atoms. The Kier molecular flexibility index (Phi) is 21.0. The molecule has 0 aliphatic carbocycles. The molecule has 5 heteroatoms. The number of unbranched alkanes of at least 4 members (excludes halogenated alkanes) is 19. The monoisotopic (exact) mass is 434 g/mol. The normalized spacial score (nSPS) is 13.1. The molecular formula is C24H50O4S. The topological polar surface area (TPSA) is 74.6 Å². The fraction of sp³-hybridized carbons (Fsp3) is 1.00. The molecule has 0 spiro atoms. The predicted octanol–water partition coefficient (Wildman–Crippen LogP) is 7.45. The van der Waals surface area contributed by atoms with E-state index in [0.717, 1.165) is 19.3 Å². The highest BCUT2D eigenvalue weighted by Crippen LogP contribution is 2.16. The predicted molar refractivity (Wildman–Crippen MR) is 125 cm³/mol. The van der Waals surface area contributed by atoms with E-state index in [9.17, 15) is 8.42 Å². The molecule has 0 heterocycles. The van der Waals surface area contributed by atoms with Gasteiger partial charge in [-0.05, 0) is 6.42 Å². The molecule has 0 aromatic heterocycles. The van der Waals surface area contributed by atoms with Gasteiger partial charge in [0, 0.05) is 0 Å². The molecule has 0 aromatic carbocycles. The van der Waals surface area contributed by atoms with Crippen LogP contribution in [0.1, 0.15) is 142 Å². The van der Waals surface area contributed by atoms with Crippen LogP contribution < -0.4 is 0 Å². The van der Waals surface area contributed by atoms with Gasteiger partial charge in [0.15, 0.2) is 0 Å². The number of hydrogen-bond acceptors (Lipinski definition) is 3. The lowest BCUT2D eigenvalue weighted by molar-refractivity contribution is 0.276. The minimum Gasteiger partial charge on any atom is -0.395 e. The highest BCUT2D eigenvalue weighted by atomic mass is 32.2. The number of hydrogen-bond donors (Lipinski definition) is 2. The van der Waals surface area contributed by atoms with Crippen LogP contribution in [0.3, 0.4) is 0 Å². The van der Waals surface area contributed by atoms with Gasteiger partial charge in [-0.3, -0.25) is 4.55 Å². The standard InChI is InChI=1S/C24H50O4S/c1-2-3-4-5-6-7-8-9-10-11-12-13-14-15-16-17-18-19-20-21-22-24(23-25)29(26,27)28/h24-25H,2-23H2,1H3,(H,26,27,28). The second-order valence-electron chi connectivity index (χ2n) is 8.83. The van der Waals surface area contributed by atoms with Crippen molar-refractivity contribution in [3.63, 3.8) is 0 Å². The van der Waals surface area contributed by atoms with Crippen molar-refractivity contribution in [2.24, 2.45) is 0 Å². The van der Waals surface area contributed by atoms with E-state index in [-0.39, 0.29) is 0 Å². The van der Waals surface area contributed by atoms with Gasteiger partial charge in [-0.15, -0.1) is 0 Å². The van der Waals surface area contributed by atoms with Gasteiger partial charge >= 0.3 is 0 Å². The first-order valence-electron chi connectivity index (χ1n) is 12.6. The van der Waals surface area contributed by atoms with Crippen molar-refractivity contribution in [3.8, 4) is 0 Å². The van der Waals surface area contributed by atoms with Crippen molar-refractivity contribution in [1.29, 1.82) is 0 Å². The number of aliphatic hydroxyl groups excluding tert-OH is 1. The van der Waals surface area contributed by atoms with E-state index >= 15 is 0 Å². The zero-order chi connectivity index (χ0) is 21.6. The fourth-order valence-corrected chi connectivity index (χ4v) is 4.61. The first-order chi connectivity index (χ1) is 14.0. The molecule has 0 aromatic rings. The first kappa shape index (κ1) is 28.9. The van der Waals surface area contributed by atoms with E-state index in [1.165, 1.54) is 109 Å². The van der Waals surface area contributed by atoms with E-state index in [1.807, 2.05) is 0 Å². The zero-order valence-corrected chi connectivity index (χ0v) is 20.1. The van der Waals surface area contributed by atoms with Crippen LogP contribution in [0.4, 0.5) is 0 Å². The molecule has 0 fully saturated rings. The maximum atomic E-state index is 11.0. The van der Waals surface area contributed by atoms with Crippen LogP contribution in [-0.4, -0.2) is 29.9 Å². The van der Waals surface area contributed by atoms with Crippen LogP contribution in [-0.2, 0) is 10.1 Å². The minimum atomic E-state index is -4.09. The van der Waals surface area contributed by atoms with Gasteiger partial charge in [-0.1, -0.05) is 135 Å². The number of rotatable bonds is 23. The fourth-order valence-electron chi connectivity index (χ4n) is 3.96. The average Bonchev–Trinajstić information content (AvgIpc) is 2.68. The lowest BCUT2D eigenvalue weighted by atomic mass is 10.0. The average molecular weight is 435 g/mol. The lowest BCUT2D eigenvalue weighted by Crippen LogP contribution is -2.24. The summed E-state index contributed by atoms with van der Waals surface area (Å²) >= 11 is 0. The van der Waals surface area contributed by atoms with Crippen LogP contribution in [0.2, 0.25) is 0 Å². The Morgan fingerprint density at radius 3 is 1.07 bits per heavy atom. The summed E-state index contributed by atoms with van der Waals surface area (Å²) in [6.07, 6.45) is 26.6. The highest BCUT2D eigenvalue weighted by Gasteiger charge is 2.20. The van der Waals surface area contributed by atoms with Crippen molar-refractivity contribution < 1.29 is 18.1 Å². The third-order valence-electron chi connectivity index (χ3n) is 6.00. The third-order valence-corrected chi connectivity index (χ3v) is 7.23. The molecule has 1 unspecified atom stereocenters. The van der Waals surface area contributed by atoms with Gasteiger partial charge in [0.2, 0.25) is 0 Å². The van der Waals surface area contributed by atoms with Crippen LogP contribution in [0, 0.1) is 0 Å². The Bertz CT molecular complexity index is 423. The van der Waals surface area contributed by atoms with Crippen LogP contribution in [0.5, 0.6) is 0 Å². The molecular weight excluding hydrogens is 384 g/mol. The second kappa shape index (κ2) is 21.1. The van der Waals surface area contributed by atoms with Gasteiger partial charge in [0.1, 0.15) is 5.25 Å². The number of aliphatic hydroxyl groups is 1. The molecule has 29 heavy (non-hydrogen) atoms.